The van der Waals surface area contributed by atoms with Crippen LogP contribution in [0.5, 0.6) is 0 Å². The summed E-state index contributed by atoms with van der Waals surface area (Å²) in [6.07, 6.45) is 4.81. The van der Waals surface area contributed by atoms with Gasteiger partial charge < -0.3 is 4.74 Å². The second-order valence-electron chi connectivity index (χ2n) is 4.55. The molecule has 1 aliphatic carbocycles. The molecule has 1 rings (SSSR count). The molecule has 0 spiro atoms. The van der Waals surface area contributed by atoms with Crippen LogP contribution < -0.4 is 0 Å². The number of carbonyl (C=O) groups is 1. The Kier molecular flexibility index (Phi) is 5.33. The van der Waals surface area contributed by atoms with Gasteiger partial charge in [-0.05, 0) is 37.2 Å². The molecule has 3 unspecified atom stereocenters. The lowest BCUT2D eigenvalue weighted by Crippen LogP contribution is -2.13. The number of halogens is 2. The molecule has 0 aliphatic heterocycles. The normalized spacial score (nSPS) is 30.9. The van der Waals surface area contributed by atoms with Gasteiger partial charge in [0.2, 0.25) is 0 Å². The van der Waals surface area contributed by atoms with E-state index in [-0.39, 0.29) is 27.7 Å². The minimum Gasteiger partial charge on any atom is -0.466 e. The van der Waals surface area contributed by atoms with Gasteiger partial charge in [0.1, 0.15) is 4.49 Å². The Bertz CT molecular complexity index is 311. The third-order valence-corrected chi connectivity index (χ3v) is 4.00. The van der Waals surface area contributed by atoms with E-state index in [1.807, 2.05) is 6.92 Å². The molecule has 0 aromatic carbocycles. The van der Waals surface area contributed by atoms with Crippen LogP contribution >= 0.6 is 23.2 Å². The zero-order chi connectivity index (χ0) is 13.1. The van der Waals surface area contributed by atoms with E-state index < -0.39 is 0 Å². The fourth-order valence-corrected chi connectivity index (χ4v) is 3.23. The van der Waals surface area contributed by atoms with Crippen molar-refractivity contribution in [1.29, 1.82) is 0 Å². The second-order valence-corrected chi connectivity index (χ2v) is 5.56. The SMILES string of the molecule is CCCC1(CC)C(C=C(Cl)Cl)C1C(=O)OCC. The number of ether oxygens (including phenoxy) is 1. The van der Waals surface area contributed by atoms with Gasteiger partial charge in [0.05, 0.1) is 12.5 Å². The van der Waals surface area contributed by atoms with E-state index in [1.54, 1.807) is 6.08 Å². The lowest BCUT2D eigenvalue weighted by Gasteiger charge is -2.13. The molecule has 0 bridgehead atoms. The molecule has 0 amide bonds. The van der Waals surface area contributed by atoms with Crippen LogP contribution in [0.25, 0.3) is 0 Å². The van der Waals surface area contributed by atoms with Crippen LogP contribution in [0.15, 0.2) is 10.6 Å². The van der Waals surface area contributed by atoms with E-state index in [0.29, 0.717) is 6.61 Å². The van der Waals surface area contributed by atoms with Crippen LogP contribution in [0.3, 0.4) is 0 Å². The standard InChI is InChI=1S/C13H20Cl2O2/c1-4-7-13(5-2)9(8-10(14)15)11(13)12(16)17-6-3/h8-9,11H,4-7H2,1-3H3. The molecule has 0 aromatic rings. The molecular formula is C13H20Cl2O2. The monoisotopic (exact) mass is 278 g/mol. The second kappa shape index (κ2) is 6.10. The molecule has 1 fully saturated rings. The molecule has 0 N–H and O–H groups in total. The van der Waals surface area contributed by atoms with Crippen molar-refractivity contribution in [1.82, 2.24) is 0 Å². The smallest absolute Gasteiger partial charge is 0.310 e. The Morgan fingerprint density at radius 1 is 1.35 bits per heavy atom. The van der Waals surface area contributed by atoms with Crippen LogP contribution in [0.1, 0.15) is 40.0 Å². The average molecular weight is 279 g/mol. The third-order valence-electron chi connectivity index (χ3n) is 3.75. The molecule has 17 heavy (non-hydrogen) atoms. The van der Waals surface area contributed by atoms with Crippen molar-refractivity contribution in [2.45, 2.75) is 40.0 Å². The lowest BCUT2D eigenvalue weighted by molar-refractivity contribution is -0.145. The molecular weight excluding hydrogens is 259 g/mol. The first kappa shape index (κ1) is 14.8. The van der Waals surface area contributed by atoms with Gasteiger partial charge in [-0.2, -0.15) is 0 Å². The van der Waals surface area contributed by atoms with Gasteiger partial charge in [0.25, 0.3) is 0 Å². The summed E-state index contributed by atoms with van der Waals surface area (Å²) in [5.41, 5.74) is 0.00995. The van der Waals surface area contributed by atoms with Crippen molar-refractivity contribution >= 4 is 29.2 Å². The van der Waals surface area contributed by atoms with E-state index in [4.69, 9.17) is 27.9 Å². The fraction of sp³-hybridized carbons (Fsp3) is 0.769. The van der Waals surface area contributed by atoms with Gasteiger partial charge in [0.15, 0.2) is 0 Å². The number of allylic oxidation sites excluding steroid dienone is 1. The van der Waals surface area contributed by atoms with E-state index >= 15 is 0 Å². The average Bonchev–Trinajstić information content (AvgIpc) is 2.86. The van der Waals surface area contributed by atoms with Crippen molar-refractivity contribution in [3.8, 4) is 0 Å². The van der Waals surface area contributed by atoms with Crippen molar-refractivity contribution in [2.75, 3.05) is 6.61 Å². The Balaban J connectivity index is 2.86. The number of rotatable bonds is 6. The predicted molar refractivity (Wildman–Crippen MR) is 71.0 cm³/mol. The van der Waals surface area contributed by atoms with Gasteiger partial charge in [-0.1, -0.05) is 43.5 Å². The highest BCUT2D eigenvalue weighted by Crippen LogP contribution is 2.65. The molecule has 1 aliphatic rings. The molecule has 3 atom stereocenters. The van der Waals surface area contributed by atoms with E-state index in [9.17, 15) is 4.79 Å². The summed E-state index contributed by atoms with van der Waals surface area (Å²) in [6.45, 7) is 6.48. The third kappa shape index (κ3) is 2.97. The Morgan fingerprint density at radius 2 is 2.00 bits per heavy atom. The predicted octanol–water partition coefficient (Wildman–Crippen LogP) is 4.31. The number of hydrogen-bond acceptors (Lipinski definition) is 2. The number of hydrogen-bond donors (Lipinski definition) is 0. The van der Waals surface area contributed by atoms with Crippen LogP contribution in [-0.4, -0.2) is 12.6 Å². The zero-order valence-corrected chi connectivity index (χ0v) is 12.1. The van der Waals surface area contributed by atoms with Gasteiger partial charge in [0, 0.05) is 0 Å². The molecule has 98 valence electrons. The van der Waals surface area contributed by atoms with Gasteiger partial charge >= 0.3 is 5.97 Å². The first-order chi connectivity index (χ1) is 8.03. The molecule has 0 aromatic heterocycles. The Morgan fingerprint density at radius 3 is 2.41 bits per heavy atom. The minimum absolute atomic E-state index is 0.00995. The topological polar surface area (TPSA) is 26.3 Å². The summed E-state index contributed by atoms with van der Waals surface area (Å²) in [5.74, 6) is -0.0463. The quantitative estimate of drug-likeness (QED) is 0.677. The van der Waals surface area contributed by atoms with Gasteiger partial charge in [-0.3, -0.25) is 4.79 Å². The highest BCUT2D eigenvalue weighted by atomic mass is 35.5. The molecule has 4 heteroatoms. The van der Waals surface area contributed by atoms with Crippen molar-refractivity contribution in [2.24, 2.45) is 17.3 Å². The molecule has 1 saturated carbocycles. The first-order valence-electron chi connectivity index (χ1n) is 6.22. The first-order valence-corrected chi connectivity index (χ1v) is 6.98. The highest BCUT2D eigenvalue weighted by molar-refractivity contribution is 6.55. The fourth-order valence-electron chi connectivity index (χ4n) is 2.95. The minimum atomic E-state index is -0.112. The maximum atomic E-state index is 11.9. The van der Waals surface area contributed by atoms with Crippen molar-refractivity contribution in [3.63, 3.8) is 0 Å². The lowest BCUT2D eigenvalue weighted by atomic mass is 9.92. The summed E-state index contributed by atoms with van der Waals surface area (Å²) in [6, 6.07) is 0. The summed E-state index contributed by atoms with van der Waals surface area (Å²) < 4.78 is 5.37. The van der Waals surface area contributed by atoms with Gasteiger partial charge in [-0.25, -0.2) is 0 Å². The maximum absolute atomic E-state index is 11.9. The van der Waals surface area contributed by atoms with E-state index in [1.165, 1.54) is 0 Å². The summed E-state index contributed by atoms with van der Waals surface area (Å²) in [7, 11) is 0. The van der Waals surface area contributed by atoms with Gasteiger partial charge in [-0.15, -0.1) is 0 Å². The van der Waals surface area contributed by atoms with Crippen LogP contribution in [0, 0.1) is 17.3 Å². The van der Waals surface area contributed by atoms with Crippen molar-refractivity contribution < 1.29 is 9.53 Å². The van der Waals surface area contributed by atoms with Crippen LogP contribution in [0.2, 0.25) is 0 Å². The number of esters is 1. The summed E-state index contributed by atoms with van der Waals surface area (Å²) in [4.78, 5) is 11.9. The molecule has 0 saturated heterocycles. The Hall–Kier alpha value is -0.210. The molecule has 0 heterocycles. The van der Waals surface area contributed by atoms with E-state index in [2.05, 4.69) is 13.8 Å². The highest BCUT2D eigenvalue weighted by Gasteiger charge is 2.65. The maximum Gasteiger partial charge on any atom is 0.310 e. The van der Waals surface area contributed by atoms with E-state index in [0.717, 1.165) is 19.3 Å². The number of carbonyl (C=O) groups excluding carboxylic acids is 1. The largest absolute Gasteiger partial charge is 0.466 e. The van der Waals surface area contributed by atoms with Crippen LogP contribution in [0.4, 0.5) is 0 Å². The molecule has 2 nitrogen and oxygen atoms in total. The summed E-state index contributed by atoms with van der Waals surface area (Å²) in [5, 5.41) is 0. The summed E-state index contributed by atoms with van der Waals surface area (Å²) >= 11 is 11.4. The van der Waals surface area contributed by atoms with Crippen LogP contribution in [-0.2, 0) is 9.53 Å². The Labute approximate surface area is 113 Å². The zero-order valence-electron chi connectivity index (χ0n) is 10.6. The molecule has 0 radical (unpaired) electrons. The van der Waals surface area contributed by atoms with Crippen molar-refractivity contribution in [3.05, 3.63) is 10.6 Å².